The molecule has 1 aliphatic rings. The van der Waals surface area contributed by atoms with E-state index >= 15 is 0 Å². The van der Waals surface area contributed by atoms with E-state index in [9.17, 15) is 4.39 Å². The Morgan fingerprint density at radius 1 is 1.37 bits per heavy atom. The number of aliphatic imine (C=N–C) groups is 1. The molecule has 0 amide bonds. The van der Waals surface area contributed by atoms with E-state index in [2.05, 4.69) is 24.2 Å². The number of nitrogens with two attached hydrogens (primary N) is 1. The van der Waals surface area contributed by atoms with Crippen LogP contribution in [0.15, 0.2) is 16.8 Å². The number of alkyl halides is 1. The number of halogens is 1. The highest BCUT2D eigenvalue weighted by molar-refractivity contribution is 5.97. The van der Waals surface area contributed by atoms with E-state index in [1.54, 1.807) is 0 Å². The quantitative estimate of drug-likeness (QED) is 0.757. The van der Waals surface area contributed by atoms with Crippen molar-refractivity contribution in [2.45, 2.75) is 47.5 Å². The van der Waals surface area contributed by atoms with Gasteiger partial charge in [0.1, 0.15) is 0 Å². The highest BCUT2D eigenvalue weighted by Crippen LogP contribution is 2.11. The first-order valence-electron chi connectivity index (χ1n) is 7.14. The average molecular weight is 275 g/mol. The summed E-state index contributed by atoms with van der Waals surface area (Å²) in [5.41, 5.74) is 7.56. The first-order valence-corrected chi connectivity index (χ1v) is 7.14. The van der Waals surface area contributed by atoms with Gasteiger partial charge in [-0.1, -0.05) is 34.1 Å². The molecule has 1 aliphatic heterocycles. The first-order chi connectivity index (χ1) is 9.15. The summed E-state index contributed by atoms with van der Waals surface area (Å²) in [5.74, 6) is 0.563. The minimum absolute atomic E-state index is 0.500. The molecule has 4 heteroatoms. The van der Waals surface area contributed by atoms with E-state index in [-0.39, 0.29) is 0 Å². The van der Waals surface area contributed by atoms with Crippen LogP contribution in [0.5, 0.6) is 0 Å². The van der Waals surface area contributed by atoms with Crippen molar-refractivity contribution in [3.05, 3.63) is 11.8 Å². The Hall–Kier alpha value is -0.900. The number of nitrogens with zero attached hydrogens (tertiary/aromatic N) is 1. The van der Waals surface area contributed by atoms with E-state index in [0.717, 1.165) is 24.5 Å². The molecular formula is C15H34FN3. The van der Waals surface area contributed by atoms with Crippen LogP contribution in [-0.4, -0.2) is 33.0 Å². The highest BCUT2D eigenvalue weighted by Gasteiger charge is 2.18. The van der Waals surface area contributed by atoms with Gasteiger partial charge in [-0.05, 0) is 26.0 Å². The molecule has 0 bridgehead atoms. The van der Waals surface area contributed by atoms with E-state index in [4.69, 9.17) is 5.73 Å². The van der Waals surface area contributed by atoms with Gasteiger partial charge >= 0.3 is 0 Å². The molecule has 0 aromatic heterocycles. The standard InChI is InChI=1S/C9H17N3.C3H8.C2H6.CH3F/c1-7(10)5-9(11-2)8-3-4-12-6-8;1-3-2;2*1-2/h5,8,12H,3-4,6,10H2,1-2H3;3H2,1-2H3;1-2H3;1H3/b7-5+,11-9?;;;. The Labute approximate surface area is 119 Å². The fourth-order valence-corrected chi connectivity index (χ4v) is 1.51. The van der Waals surface area contributed by atoms with Crippen molar-refractivity contribution >= 4 is 5.71 Å². The molecule has 0 aromatic rings. The Morgan fingerprint density at radius 2 is 1.84 bits per heavy atom. The number of allylic oxidation sites excluding steroid dienone is 2. The van der Waals surface area contributed by atoms with Crippen LogP contribution in [0.1, 0.15) is 47.5 Å². The second-order valence-electron chi connectivity index (χ2n) is 3.93. The molecule has 3 nitrogen and oxygen atoms in total. The maximum Gasteiger partial charge on any atom is 0.0785 e. The normalized spacial score (nSPS) is 18.2. The zero-order valence-corrected chi connectivity index (χ0v) is 13.9. The minimum Gasteiger partial charge on any atom is -0.402 e. The number of hydrogen-bond donors (Lipinski definition) is 2. The maximum absolute atomic E-state index is 9.50. The SMILES string of the molecule is CC.CCC.CF.CN=C(/C=C(\C)N)C1CCNC1. The fraction of sp³-hybridized carbons (Fsp3) is 0.800. The third kappa shape index (κ3) is 15.0. The third-order valence-corrected chi connectivity index (χ3v) is 2.11. The van der Waals surface area contributed by atoms with Crippen molar-refractivity contribution in [1.29, 1.82) is 0 Å². The summed E-state index contributed by atoms with van der Waals surface area (Å²) < 4.78 is 9.50. The summed E-state index contributed by atoms with van der Waals surface area (Å²) in [7, 11) is 2.33. The lowest BCUT2D eigenvalue weighted by Crippen LogP contribution is -2.17. The van der Waals surface area contributed by atoms with Gasteiger partial charge in [0, 0.05) is 30.9 Å². The Bertz CT molecular complexity index is 215. The van der Waals surface area contributed by atoms with Gasteiger partial charge in [-0.25, -0.2) is 0 Å². The van der Waals surface area contributed by atoms with Crippen molar-refractivity contribution < 1.29 is 4.39 Å². The maximum atomic E-state index is 9.50. The fourth-order valence-electron chi connectivity index (χ4n) is 1.51. The van der Waals surface area contributed by atoms with Crippen molar-refractivity contribution in [2.75, 3.05) is 27.3 Å². The zero-order valence-electron chi connectivity index (χ0n) is 13.9. The van der Waals surface area contributed by atoms with E-state index in [1.807, 2.05) is 33.9 Å². The van der Waals surface area contributed by atoms with Crippen LogP contribution in [0, 0.1) is 5.92 Å². The van der Waals surface area contributed by atoms with Crippen LogP contribution >= 0.6 is 0 Å². The molecule has 0 aliphatic carbocycles. The summed E-state index contributed by atoms with van der Waals surface area (Å²) in [5, 5.41) is 3.31. The predicted molar refractivity (Wildman–Crippen MR) is 86.6 cm³/mol. The lowest BCUT2D eigenvalue weighted by molar-refractivity contribution is 0.636. The molecule has 1 heterocycles. The first kappa shape index (κ1) is 23.2. The summed E-state index contributed by atoms with van der Waals surface area (Å²) in [6.07, 6.45) is 4.40. The molecule has 1 saturated heterocycles. The number of rotatable bonds is 2. The van der Waals surface area contributed by atoms with E-state index in [0.29, 0.717) is 13.1 Å². The molecule has 0 spiro atoms. The molecule has 19 heavy (non-hydrogen) atoms. The third-order valence-electron chi connectivity index (χ3n) is 2.11. The summed E-state index contributed by atoms with van der Waals surface area (Å²) in [6.45, 7) is 12.3. The Morgan fingerprint density at radius 3 is 2.11 bits per heavy atom. The van der Waals surface area contributed by atoms with Gasteiger partial charge < -0.3 is 11.1 Å². The zero-order chi connectivity index (χ0) is 15.7. The van der Waals surface area contributed by atoms with Crippen LogP contribution in [0.3, 0.4) is 0 Å². The molecule has 1 rings (SSSR count). The second-order valence-corrected chi connectivity index (χ2v) is 3.93. The smallest absolute Gasteiger partial charge is 0.0785 e. The minimum atomic E-state index is 0.500. The van der Waals surface area contributed by atoms with Gasteiger partial charge in [-0.3, -0.25) is 9.38 Å². The lowest BCUT2D eigenvalue weighted by atomic mass is 10.0. The van der Waals surface area contributed by atoms with Crippen LogP contribution in [-0.2, 0) is 0 Å². The second kappa shape index (κ2) is 19.4. The average Bonchev–Trinajstić information content (AvgIpc) is 2.95. The Kier molecular flexibility index (Phi) is 23.7. The molecule has 1 unspecified atom stereocenters. The molecule has 3 N–H and O–H groups in total. The lowest BCUT2D eigenvalue weighted by Gasteiger charge is -2.07. The molecule has 1 fully saturated rings. The van der Waals surface area contributed by atoms with Crippen molar-refractivity contribution in [1.82, 2.24) is 5.32 Å². The molecular weight excluding hydrogens is 241 g/mol. The molecule has 0 aromatic carbocycles. The van der Waals surface area contributed by atoms with E-state index in [1.165, 1.54) is 12.8 Å². The largest absolute Gasteiger partial charge is 0.402 e. The van der Waals surface area contributed by atoms with Crippen molar-refractivity contribution in [3.8, 4) is 0 Å². The van der Waals surface area contributed by atoms with Gasteiger partial charge in [-0.2, -0.15) is 0 Å². The molecule has 0 radical (unpaired) electrons. The monoisotopic (exact) mass is 275 g/mol. The van der Waals surface area contributed by atoms with Crippen LogP contribution in [0.2, 0.25) is 0 Å². The van der Waals surface area contributed by atoms with Crippen LogP contribution < -0.4 is 11.1 Å². The van der Waals surface area contributed by atoms with Gasteiger partial charge in [0.05, 0.1) is 7.18 Å². The summed E-state index contributed by atoms with van der Waals surface area (Å²) in [6, 6.07) is 0. The van der Waals surface area contributed by atoms with E-state index < -0.39 is 0 Å². The number of nitrogens with one attached hydrogen (secondary N) is 1. The van der Waals surface area contributed by atoms with Crippen LogP contribution in [0.4, 0.5) is 4.39 Å². The van der Waals surface area contributed by atoms with Gasteiger partial charge in [-0.15, -0.1) is 0 Å². The van der Waals surface area contributed by atoms with Gasteiger partial charge in [0.15, 0.2) is 0 Å². The molecule has 0 saturated carbocycles. The van der Waals surface area contributed by atoms with Gasteiger partial charge in [0.2, 0.25) is 0 Å². The highest BCUT2D eigenvalue weighted by atomic mass is 19.1. The molecule has 1 atom stereocenters. The summed E-state index contributed by atoms with van der Waals surface area (Å²) >= 11 is 0. The van der Waals surface area contributed by atoms with Gasteiger partial charge in [0.25, 0.3) is 0 Å². The van der Waals surface area contributed by atoms with Crippen molar-refractivity contribution in [2.24, 2.45) is 16.6 Å². The number of hydrogen-bond acceptors (Lipinski definition) is 3. The predicted octanol–water partition coefficient (Wildman–Crippen LogP) is 3.56. The van der Waals surface area contributed by atoms with Crippen molar-refractivity contribution in [3.63, 3.8) is 0 Å². The molecule has 116 valence electrons. The topological polar surface area (TPSA) is 50.4 Å². The summed E-state index contributed by atoms with van der Waals surface area (Å²) in [4.78, 5) is 4.23. The van der Waals surface area contributed by atoms with Crippen LogP contribution in [0.25, 0.3) is 0 Å². The Balaban J connectivity index is -0.000000313.